The van der Waals surface area contributed by atoms with Crippen LogP contribution in [0.4, 0.5) is 0 Å². The molecule has 100 valence electrons. The molecule has 0 saturated heterocycles. The highest BCUT2D eigenvalue weighted by Crippen LogP contribution is 2.31. The molecule has 1 aromatic rings. The maximum Gasteiger partial charge on any atom is 0.126 e. The first kappa shape index (κ1) is 13.2. The minimum Gasteiger partial charge on any atom is -0.507 e. The molecule has 0 spiro atoms. The van der Waals surface area contributed by atoms with Crippen LogP contribution in [0, 0.1) is 0 Å². The molecule has 0 aromatic heterocycles. The summed E-state index contributed by atoms with van der Waals surface area (Å²) in [4.78, 5) is 0. The van der Waals surface area contributed by atoms with Crippen molar-refractivity contribution in [1.29, 1.82) is 0 Å². The first-order chi connectivity index (χ1) is 8.72. The largest absolute Gasteiger partial charge is 0.507 e. The van der Waals surface area contributed by atoms with Crippen LogP contribution in [0.5, 0.6) is 11.5 Å². The lowest BCUT2D eigenvalue weighted by Crippen LogP contribution is -2.30. The molecule has 2 rings (SSSR count). The van der Waals surface area contributed by atoms with Gasteiger partial charge in [0, 0.05) is 18.2 Å². The SMILES string of the molecule is CCc1ccc(O)c(CNC2CCCCC2)c1O. The Morgan fingerprint density at radius 2 is 1.89 bits per heavy atom. The Morgan fingerprint density at radius 3 is 2.56 bits per heavy atom. The van der Waals surface area contributed by atoms with Gasteiger partial charge in [0.2, 0.25) is 0 Å². The minimum absolute atomic E-state index is 0.188. The van der Waals surface area contributed by atoms with Gasteiger partial charge in [-0.25, -0.2) is 0 Å². The van der Waals surface area contributed by atoms with E-state index in [0.717, 1.165) is 12.0 Å². The van der Waals surface area contributed by atoms with E-state index in [1.165, 1.54) is 32.1 Å². The number of benzene rings is 1. The summed E-state index contributed by atoms with van der Waals surface area (Å²) < 4.78 is 0. The van der Waals surface area contributed by atoms with Gasteiger partial charge in [0.15, 0.2) is 0 Å². The highest BCUT2D eigenvalue weighted by Gasteiger charge is 2.16. The topological polar surface area (TPSA) is 52.5 Å². The van der Waals surface area contributed by atoms with Gasteiger partial charge in [-0.2, -0.15) is 0 Å². The van der Waals surface area contributed by atoms with E-state index in [2.05, 4.69) is 5.32 Å². The van der Waals surface area contributed by atoms with Crippen LogP contribution in [0.15, 0.2) is 12.1 Å². The molecule has 3 nitrogen and oxygen atoms in total. The van der Waals surface area contributed by atoms with Crippen molar-refractivity contribution in [3.05, 3.63) is 23.3 Å². The molecular formula is C15H23NO2. The van der Waals surface area contributed by atoms with Crippen LogP contribution in [0.2, 0.25) is 0 Å². The maximum absolute atomic E-state index is 10.1. The van der Waals surface area contributed by atoms with Gasteiger partial charge in [0.05, 0.1) is 0 Å². The molecule has 0 heterocycles. The fourth-order valence-corrected chi connectivity index (χ4v) is 2.69. The first-order valence-corrected chi connectivity index (χ1v) is 6.98. The third-order valence-electron chi connectivity index (χ3n) is 3.90. The van der Waals surface area contributed by atoms with Gasteiger partial charge in [-0.1, -0.05) is 32.3 Å². The maximum atomic E-state index is 10.1. The molecule has 0 amide bonds. The highest BCUT2D eigenvalue weighted by atomic mass is 16.3. The molecule has 3 N–H and O–H groups in total. The molecule has 0 bridgehead atoms. The van der Waals surface area contributed by atoms with E-state index in [4.69, 9.17) is 0 Å². The zero-order valence-corrected chi connectivity index (χ0v) is 11.1. The molecule has 3 heteroatoms. The second kappa shape index (κ2) is 6.10. The summed E-state index contributed by atoms with van der Waals surface area (Å²) in [5, 5.41) is 23.4. The van der Waals surface area contributed by atoms with E-state index in [-0.39, 0.29) is 11.5 Å². The normalized spacial score (nSPS) is 16.9. The minimum atomic E-state index is 0.188. The number of phenols is 2. The lowest BCUT2D eigenvalue weighted by Gasteiger charge is -2.23. The quantitative estimate of drug-likeness (QED) is 0.768. The Balaban J connectivity index is 2.03. The average molecular weight is 249 g/mol. The van der Waals surface area contributed by atoms with Crippen molar-refractivity contribution in [1.82, 2.24) is 5.32 Å². The average Bonchev–Trinajstić information content (AvgIpc) is 2.40. The Morgan fingerprint density at radius 1 is 1.17 bits per heavy atom. The fourth-order valence-electron chi connectivity index (χ4n) is 2.69. The van der Waals surface area contributed by atoms with Crippen molar-refractivity contribution in [3.63, 3.8) is 0 Å². The van der Waals surface area contributed by atoms with Crippen LogP contribution < -0.4 is 5.32 Å². The Kier molecular flexibility index (Phi) is 4.48. The van der Waals surface area contributed by atoms with E-state index in [1.807, 2.05) is 6.92 Å². The molecule has 1 aliphatic carbocycles. The van der Waals surface area contributed by atoms with Gasteiger partial charge >= 0.3 is 0 Å². The van der Waals surface area contributed by atoms with Crippen LogP contribution in [-0.4, -0.2) is 16.3 Å². The smallest absolute Gasteiger partial charge is 0.126 e. The van der Waals surface area contributed by atoms with Crippen LogP contribution >= 0.6 is 0 Å². The van der Waals surface area contributed by atoms with E-state index < -0.39 is 0 Å². The molecule has 1 aliphatic rings. The first-order valence-electron chi connectivity index (χ1n) is 6.98. The third kappa shape index (κ3) is 2.96. The molecule has 0 aliphatic heterocycles. The number of aromatic hydroxyl groups is 2. The Bertz CT molecular complexity index is 398. The molecular weight excluding hydrogens is 226 g/mol. The third-order valence-corrected chi connectivity index (χ3v) is 3.90. The second-order valence-electron chi connectivity index (χ2n) is 5.14. The highest BCUT2D eigenvalue weighted by molar-refractivity contribution is 5.48. The van der Waals surface area contributed by atoms with E-state index in [9.17, 15) is 10.2 Å². The van der Waals surface area contributed by atoms with Crippen molar-refractivity contribution in [2.75, 3.05) is 0 Å². The summed E-state index contributed by atoms with van der Waals surface area (Å²) in [6, 6.07) is 3.99. The van der Waals surface area contributed by atoms with E-state index >= 15 is 0 Å². The van der Waals surface area contributed by atoms with Crippen molar-refractivity contribution >= 4 is 0 Å². The van der Waals surface area contributed by atoms with Crippen LogP contribution in [0.1, 0.15) is 50.2 Å². The predicted octanol–water partition coefficient (Wildman–Crippen LogP) is 3.08. The van der Waals surface area contributed by atoms with Gasteiger partial charge in [0.25, 0.3) is 0 Å². The number of hydrogen-bond acceptors (Lipinski definition) is 3. The number of nitrogens with one attached hydrogen (secondary N) is 1. The molecule has 1 saturated carbocycles. The summed E-state index contributed by atoms with van der Waals surface area (Å²) in [5.74, 6) is 0.439. The van der Waals surface area contributed by atoms with Gasteiger partial charge in [-0.05, 0) is 30.9 Å². The predicted molar refractivity (Wildman–Crippen MR) is 72.9 cm³/mol. The summed E-state index contributed by atoms with van der Waals surface area (Å²) in [6.07, 6.45) is 7.09. The Hall–Kier alpha value is -1.22. The summed E-state index contributed by atoms with van der Waals surface area (Å²) in [5.41, 5.74) is 1.54. The van der Waals surface area contributed by atoms with Crippen molar-refractivity contribution in [2.24, 2.45) is 0 Å². The standard InChI is InChI=1S/C15H23NO2/c1-2-11-8-9-14(17)13(15(11)18)10-16-12-6-4-3-5-7-12/h8-9,12,16-18H,2-7,10H2,1H3. The number of aryl methyl sites for hydroxylation is 1. The van der Waals surface area contributed by atoms with Crippen LogP contribution in [0.25, 0.3) is 0 Å². The zero-order valence-electron chi connectivity index (χ0n) is 11.1. The molecule has 0 radical (unpaired) electrons. The Labute approximate surface area is 109 Å². The molecule has 18 heavy (non-hydrogen) atoms. The second-order valence-corrected chi connectivity index (χ2v) is 5.14. The molecule has 0 unspecified atom stereocenters. The molecule has 1 aromatic carbocycles. The van der Waals surface area contributed by atoms with Gasteiger partial charge in [-0.15, -0.1) is 0 Å². The van der Waals surface area contributed by atoms with Crippen molar-refractivity contribution in [2.45, 2.75) is 58.0 Å². The van der Waals surface area contributed by atoms with Gasteiger partial charge in [-0.3, -0.25) is 0 Å². The summed E-state index contributed by atoms with van der Waals surface area (Å²) in [6.45, 7) is 2.56. The van der Waals surface area contributed by atoms with Crippen LogP contribution in [0.3, 0.4) is 0 Å². The van der Waals surface area contributed by atoms with Crippen molar-refractivity contribution < 1.29 is 10.2 Å². The molecule has 0 atom stereocenters. The van der Waals surface area contributed by atoms with Gasteiger partial charge in [0.1, 0.15) is 11.5 Å². The lowest BCUT2D eigenvalue weighted by atomic mass is 9.95. The van der Waals surface area contributed by atoms with Crippen molar-refractivity contribution in [3.8, 4) is 11.5 Å². The monoisotopic (exact) mass is 249 g/mol. The van der Waals surface area contributed by atoms with E-state index in [1.54, 1.807) is 12.1 Å². The number of hydrogen-bond donors (Lipinski definition) is 3. The fraction of sp³-hybridized carbons (Fsp3) is 0.600. The zero-order chi connectivity index (χ0) is 13.0. The summed E-state index contributed by atoms with van der Waals surface area (Å²) >= 11 is 0. The van der Waals surface area contributed by atoms with Gasteiger partial charge < -0.3 is 15.5 Å². The van der Waals surface area contributed by atoms with Crippen LogP contribution in [-0.2, 0) is 13.0 Å². The molecule has 1 fully saturated rings. The number of rotatable bonds is 4. The summed E-state index contributed by atoms with van der Waals surface area (Å²) in [7, 11) is 0. The lowest BCUT2D eigenvalue weighted by molar-refractivity contribution is 0.363. The van der Waals surface area contributed by atoms with E-state index in [0.29, 0.717) is 18.2 Å². The number of phenolic OH excluding ortho intramolecular Hbond substituents is 2.